The molecule has 1 saturated heterocycles. The molecule has 1 N–H and O–H groups in total. The van der Waals surface area contributed by atoms with Gasteiger partial charge in [-0.05, 0) is 44.9 Å². The van der Waals surface area contributed by atoms with Gasteiger partial charge in [-0.2, -0.15) is 0 Å². The third-order valence-corrected chi connectivity index (χ3v) is 5.28. The van der Waals surface area contributed by atoms with E-state index < -0.39 is 11.4 Å². The van der Waals surface area contributed by atoms with Crippen LogP contribution in [0.2, 0.25) is 0 Å². The van der Waals surface area contributed by atoms with Crippen LogP contribution in [0, 0.1) is 5.41 Å². The Morgan fingerprint density at radius 1 is 1.28 bits per heavy atom. The lowest BCUT2D eigenvalue weighted by Gasteiger charge is -2.31. The van der Waals surface area contributed by atoms with Gasteiger partial charge >= 0.3 is 5.97 Å². The Kier molecular flexibility index (Phi) is 4.00. The number of aliphatic carboxylic acids is 1. The number of hydrogen-bond donors (Lipinski definition) is 1. The van der Waals surface area contributed by atoms with Crippen LogP contribution in [0.3, 0.4) is 0 Å². The highest BCUT2D eigenvalue weighted by atomic mass is 16.5. The molecule has 0 radical (unpaired) electrons. The molecule has 2 rings (SSSR count). The SMILES string of the molecule is CCC(CC)(CC1CCC2(CCCC2)O1)C(=O)O. The van der Waals surface area contributed by atoms with Crippen molar-refractivity contribution in [2.75, 3.05) is 0 Å². The van der Waals surface area contributed by atoms with Gasteiger partial charge in [-0.3, -0.25) is 4.79 Å². The van der Waals surface area contributed by atoms with Crippen molar-refractivity contribution < 1.29 is 14.6 Å². The van der Waals surface area contributed by atoms with Gasteiger partial charge in [0.15, 0.2) is 0 Å². The van der Waals surface area contributed by atoms with E-state index >= 15 is 0 Å². The number of carboxylic acid groups (broad SMARTS) is 1. The second-order valence-electron chi connectivity index (χ2n) is 6.17. The first kappa shape index (κ1) is 13.9. The van der Waals surface area contributed by atoms with Crippen LogP contribution in [0.1, 0.15) is 71.6 Å². The zero-order chi connectivity index (χ0) is 13.2. The van der Waals surface area contributed by atoms with Gasteiger partial charge in [-0.25, -0.2) is 0 Å². The lowest BCUT2D eigenvalue weighted by molar-refractivity contribution is -0.153. The van der Waals surface area contributed by atoms with Gasteiger partial charge < -0.3 is 9.84 Å². The van der Waals surface area contributed by atoms with Crippen LogP contribution in [0.5, 0.6) is 0 Å². The molecule has 104 valence electrons. The van der Waals surface area contributed by atoms with Gasteiger partial charge in [-0.1, -0.05) is 26.7 Å². The summed E-state index contributed by atoms with van der Waals surface area (Å²) in [4.78, 5) is 11.5. The van der Waals surface area contributed by atoms with Crippen molar-refractivity contribution >= 4 is 5.97 Å². The van der Waals surface area contributed by atoms with Gasteiger partial charge in [0.25, 0.3) is 0 Å². The van der Waals surface area contributed by atoms with Crippen molar-refractivity contribution in [3.05, 3.63) is 0 Å². The maximum absolute atomic E-state index is 11.5. The van der Waals surface area contributed by atoms with Gasteiger partial charge in [0, 0.05) is 0 Å². The maximum Gasteiger partial charge on any atom is 0.309 e. The van der Waals surface area contributed by atoms with E-state index in [2.05, 4.69) is 0 Å². The molecule has 0 aromatic heterocycles. The number of carboxylic acids is 1. The Labute approximate surface area is 110 Å². The molecule has 0 aromatic rings. The Hall–Kier alpha value is -0.570. The number of ether oxygens (including phenoxy) is 1. The molecule has 2 aliphatic rings. The van der Waals surface area contributed by atoms with Crippen LogP contribution < -0.4 is 0 Å². The smallest absolute Gasteiger partial charge is 0.309 e. The number of rotatable bonds is 5. The van der Waals surface area contributed by atoms with E-state index in [1.54, 1.807) is 0 Å². The molecule has 1 unspecified atom stereocenters. The summed E-state index contributed by atoms with van der Waals surface area (Å²) in [5.41, 5.74) is -0.453. The van der Waals surface area contributed by atoms with Crippen LogP contribution in [0.15, 0.2) is 0 Å². The molecule has 3 nitrogen and oxygen atoms in total. The van der Waals surface area contributed by atoms with E-state index in [0.29, 0.717) is 19.3 Å². The van der Waals surface area contributed by atoms with Crippen LogP contribution in [0.25, 0.3) is 0 Å². The average Bonchev–Trinajstić information content (AvgIpc) is 2.97. The highest BCUT2D eigenvalue weighted by Crippen LogP contribution is 2.46. The van der Waals surface area contributed by atoms with Crippen LogP contribution in [-0.4, -0.2) is 22.8 Å². The fraction of sp³-hybridized carbons (Fsp3) is 0.933. The fourth-order valence-electron chi connectivity index (χ4n) is 3.79. The molecule has 1 heterocycles. The Balaban J connectivity index is 1.99. The minimum absolute atomic E-state index is 0.121. The summed E-state index contributed by atoms with van der Waals surface area (Å²) >= 11 is 0. The highest BCUT2D eigenvalue weighted by molar-refractivity contribution is 5.74. The number of carbonyl (C=O) groups is 1. The van der Waals surface area contributed by atoms with Crippen molar-refractivity contribution in [2.24, 2.45) is 5.41 Å². The molecule has 1 aliphatic heterocycles. The largest absolute Gasteiger partial charge is 0.481 e. The van der Waals surface area contributed by atoms with Crippen molar-refractivity contribution in [3.8, 4) is 0 Å². The van der Waals surface area contributed by atoms with Crippen molar-refractivity contribution in [1.29, 1.82) is 0 Å². The van der Waals surface area contributed by atoms with Crippen LogP contribution >= 0.6 is 0 Å². The maximum atomic E-state index is 11.5. The van der Waals surface area contributed by atoms with Gasteiger partial charge in [-0.15, -0.1) is 0 Å². The zero-order valence-corrected chi connectivity index (χ0v) is 11.7. The second kappa shape index (κ2) is 5.20. The minimum Gasteiger partial charge on any atom is -0.481 e. The first-order chi connectivity index (χ1) is 8.56. The first-order valence-corrected chi connectivity index (χ1v) is 7.47. The average molecular weight is 254 g/mol. The quantitative estimate of drug-likeness (QED) is 0.812. The highest BCUT2D eigenvalue weighted by Gasteiger charge is 2.46. The molecule has 0 amide bonds. The molecule has 0 bridgehead atoms. The minimum atomic E-state index is -0.650. The summed E-state index contributed by atoms with van der Waals surface area (Å²) in [5.74, 6) is -0.650. The lowest BCUT2D eigenvalue weighted by atomic mass is 9.77. The molecular formula is C15H26O3. The van der Waals surface area contributed by atoms with E-state index in [-0.39, 0.29) is 11.7 Å². The molecule has 2 fully saturated rings. The standard InChI is InChI=1S/C15H26O3/c1-3-14(4-2,13(16)17)11-12-7-10-15(18-12)8-5-6-9-15/h12H,3-11H2,1-2H3,(H,16,17). The second-order valence-corrected chi connectivity index (χ2v) is 6.17. The van der Waals surface area contributed by atoms with Gasteiger partial charge in [0.1, 0.15) is 0 Å². The Morgan fingerprint density at radius 3 is 2.39 bits per heavy atom. The molecule has 0 aromatic carbocycles. The molecule has 1 saturated carbocycles. The third-order valence-electron chi connectivity index (χ3n) is 5.28. The predicted octanol–water partition coefficient (Wildman–Crippen LogP) is 3.76. The molecule has 1 spiro atoms. The van der Waals surface area contributed by atoms with Crippen LogP contribution in [0.4, 0.5) is 0 Å². The van der Waals surface area contributed by atoms with Gasteiger partial charge in [0.05, 0.1) is 17.1 Å². The van der Waals surface area contributed by atoms with Crippen molar-refractivity contribution in [2.45, 2.75) is 83.3 Å². The number of hydrogen-bond acceptors (Lipinski definition) is 2. The van der Waals surface area contributed by atoms with E-state index in [9.17, 15) is 9.90 Å². The zero-order valence-electron chi connectivity index (χ0n) is 11.7. The summed E-state index contributed by atoms with van der Waals surface area (Å²) < 4.78 is 6.26. The molecule has 1 aliphatic carbocycles. The fourth-order valence-corrected chi connectivity index (χ4v) is 3.79. The van der Waals surface area contributed by atoms with Crippen molar-refractivity contribution in [1.82, 2.24) is 0 Å². The van der Waals surface area contributed by atoms with E-state index in [0.717, 1.165) is 12.8 Å². The first-order valence-electron chi connectivity index (χ1n) is 7.47. The Morgan fingerprint density at radius 2 is 1.89 bits per heavy atom. The summed E-state index contributed by atoms with van der Waals surface area (Å²) in [6, 6.07) is 0. The molecule has 3 heteroatoms. The summed E-state index contributed by atoms with van der Waals surface area (Å²) in [5, 5.41) is 9.49. The van der Waals surface area contributed by atoms with Crippen LogP contribution in [-0.2, 0) is 9.53 Å². The summed E-state index contributed by atoms with van der Waals surface area (Å²) in [7, 11) is 0. The summed E-state index contributed by atoms with van der Waals surface area (Å²) in [6.07, 6.45) is 9.36. The van der Waals surface area contributed by atoms with Gasteiger partial charge in [0.2, 0.25) is 0 Å². The molecule has 18 heavy (non-hydrogen) atoms. The van der Waals surface area contributed by atoms with Crippen molar-refractivity contribution in [3.63, 3.8) is 0 Å². The van der Waals surface area contributed by atoms with E-state index in [1.807, 2.05) is 13.8 Å². The monoisotopic (exact) mass is 254 g/mol. The summed E-state index contributed by atoms with van der Waals surface area (Å²) in [6.45, 7) is 3.97. The topological polar surface area (TPSA) is 46.5 Å². The molecular weight excluding hydrogens is 228 g/mol. The van der Waals surface area contributed by atoms with E-state index in [1.165, 1.54) is 25.7 Å². The predicted molar refractivity (Wildman–Crippen MR) is 70.6 cm³/mol. The Bertz CT molecular complexity index is 301. The molecule has 1 atom stereocenters. The van der Waals surface area contributed by atoms with E-state index in [4.69, 9.17) is 4.74 Å². The normalized spacial score (nSPS) is 26.9. The lowest BCUT2D eigenvalue weighted by Crippen LogP contribution is -2.35. The third kappa shape index (κ3) is 2.42.